The van der Waals surface area contributed by atoms with Gasteiger partial charge in [-0.1, -0.05) is 30.3 Å². The minimum atomic E-state index is -0.717. The van der Waals surface area contributed by atoms with Crippen molar-refractivity contribution in [1.82, 2.24) is 10.2 Å². The predicted molar refractivity (Wildman–Crippen MR) is 94.4 cm³/mol. The first-order valence-electron chi connectivity index (χ1n) is 8.80. The molecule has 2 aliphatic heterocycles. The number of hydrogen-bond donors (Lipinski definition) is 2. The van der Waals surface area contributed by atoms with Gasteiger partial charge in [-0.2, -0.15) is 0 Å². The van der Waals surface area contributed by atoms with Crippen molar-refractivity contribution in [1.29, 1.82) is 0 Å². The molecule has 4 rings (SSSR count). The minimum Gasteiger partial charge on any atom is -0.508 e. The molecule has 2 N–H and O–H groups in total. The lowest BCUT2D eigenvalue weighted by Gasteiger charge is -2.35. The maximum atomic E-state index is 13.9. The first-order valence-corrected chi connectivity index (χ1v) is 8.80. The molecule has 2 fully saturated rings. The van der Waals surface area contributed by atoms with Crippen molar-refractivity contribution in [2.24, 2.45) is 0 Å². The Morgan fingerprint density at radius 1 is 1.19 bits per heavy atom. The molecule has 136 valence electrons. The van der Waals surface area contributed by atoms with Crippen LogP contribution in [0, 0.1) is 5.82 Å². The van der Waals surface area contributed by atoms with Gasteiger partial charge in [-0.05, 0) is 24.1 Å². The quantitative estimate of drug-likeness (QED) is 0.887. The zero-order valence-corrected chi connectivity index (χ0v) is 14.3. The summed E-state index contributed by atoms with van der Waals surface area (Å²) in [6.45, 7) is 2.14. The maximum absolute atomic E-state index is 13.9. The van der Waals surface area contributed by atoms with Gasteiger partial charge in [-0.25, -0.2) is 4.39 Å². The normalized spacial score (nSPS) is 25.7. The molecule has 3 atom stereocenters. The minimum absolute atomic E-state index is 0.0384. The molecule has 0 spiro atoms. The average Bonchev–Trinajstić information content (AvgIpc) is 3.03. The number of nitrogens with one attached hydrogen (secondary N) is 1. The molecular weight excluding hydrogens is 335 g/mol. The molecule has 0 aromatic heterocycles. The summed E-state index contributed by atoms with van der Waals surface area (Å²) in [5, 5.41) is 12.2. The molecule has 0 saturated carbocycles. The third-order valence-corrected chi connectivity index (χ3v) is 5.12. The number of benzene rings is 2. The number of aromatic hydroxyl groups is 1. The van der Waals surface area contributed by atoms with Crippen molar-refractivity contribution in [3.8, 4) is 5.75 Å². The van der Waals surface area contributed by atoms with Crippen LogP contribution in [0.3, 0.4) is 0 Å². The summed E-state index contributed by atoms with van der Waals surface area (Å²) in [5.74, 6) is -1.36. The lowest BCUT2D eigenvalue weighted by molar-refractivity contribution is -0.0502. The summed E-state index contributed by atoms with van der Waals surface area (Å²) in [6, 6.07) is 13.9. The van der Waals surface area contributed by atoms with Crippen LogP contribution in [0.15, 0.2) is 48.5 Å². The average molecular weight is 356 g/mol. The fourth-order valence-electron chi connectivity index (χ4n) is 3.80. The lowest BCUT2D eigenvalue weighted by atomic mass is 10.1. The molecule has 0 aliphatic carbocycles. The number of carbonyl (C=O) groups is 1. The third kappa shape index (κ3) is 3.43. The number of fused-ring (bicyclic) bond motifs is 1. The first kappa shape index (κ1) is 17.0. The summed E-state index contributed by atoms with van der Waals surface area (Å²) in [4.78, 5) is 14.7. The lowest BCUT2D eigenvalue weighted by Crippen LogP contribution is -2.43. The summed E-state index contributed by atoms with van der Waals surface area (Å²) >= 11 is 0. The van der Waals surface area contributed by atoms with Crippen LogP contribution in [0.25, 0.3) is 0 Å². The Labute approximate surface area is 151 Å². The molecule has 0 radical (unpaired) electrons. The van der Waals surface area contributed by atoms with Crippen molar-refractivity contribution >= 4 is 5.91 Å². The van der Waals surface area contributed by atoms with E-state index in [-0.39, 0.29) is 29.5 Å². The highest BCUT2D eigenvalue weighted by Crippen LogP contribution is 2.30. The SMILES string of the molecule is O=C(N[C@@H]1C[C@H]2CO[C@@H](c3ccccc3)CN2C1)c1ccc(O)cc1F. The van der Waals surface area contributed by atoms with Gasteiger partial charge in [0.1, 0.15) is 11.6 Å². The molecule has 2 heterocycles. The molecule has 6 heteroatoms. The van der Waals surface area contributed by atoms with Gasteiger partial charge in [0.15, 0.2) is 0 Å². The van der Waals surface area contributed by atoms with Crippen molar-refractivity contribution in [3.05, 3.63) is 65.5 Å². The third-order valence-electron chi connectivity index (χ3n) is 5.12. The largest absolute Gasteiger partial charge is 0.508 e. The van der Waals surface area contributed by atoms with Gasteiger partial charge in [0.2, 0.25) is 0 Å². The maximum Gasteiger partial charge on any atom is 0.254 e. The Hall–Kier alpha value is -2.44. The van der Waals surface area contributed by atoms with Crippen LogP contribution in [0.2, 0.25) is 0 Å². The summed E-state index contributed by atoms with van der Waals surface area (Å²) in [5.41, 5.74) is 1.11. The predicted octanol–water partition coefficient (Wildman–Crippen LogP) is 2.48. The van der Waals surface area contributed by atoms with Crippen LogP contribution in [-0.2, 0) is 4.74 Å². The zero-order valence-electron chi connectivity index (χ0n) is 14.3. The van der Waals surface area contributed by atoms with Gasteiger partial charge < -0.3 is 15.2 Å². The topological polar surface area (TPSA) is 61.8 Å². The van der Waals surface area contributed by atoms with Gasteiger partial charge in [0, 0.05) is 31.2 Å². The number of carbonyl (C=O) groups excluding carboxylic acids is 1. The van der Waals surface area contributed by atoms with Crippen LogP contribution in [0.4, 0.5) is 4.39 Å². The number of nitrogens with zero attached hydrogens (tertiary/aromatic N) is 1. The molecule has 0 bridgehead atoms. The smallest absolute Gasteiger partial charge is 0.254 e. The van der Waals surface area contributed by atoms with Crippen LogP contribution >= 0.6 is 0 Å². The second-order valence-corrected chi connectivity index (χ2v) is 6.91. The summed E-state index contributed by atoms with van der Waals surface area (Å²) < 4.78 is 19.9. The van der Waals surface area contributed by atoms with Gasteiger partial charge in [-0.15, -0.1) is 0 Å². The highest BCUT2D eigenvalue weighted by Gasteiger charge is 2.38. The monoisotopic (exact) mass is 356 g/mol. The highest BCUT2D eigenvalue weighted by atomic mass is 19.1. The Kier molecular flexibility index (Phi) is 4.61. The molecule has 2 aromatic carbocycles. The van der Waals surface area contributed by atoms with Gasteiger partial charge >= 0.3 is 0 Å². The van der Waals surface area contributed by atoms with Crippen molar-refractivity contribution < 1.29 is 19.0 Å². The van der Waals surface area contributed by atoms with Gasteiger partial charge in [0.25, 0.3) is 5.91 Å². The first-order chi connectivity index (χ1) is 12.6. The van der Waals surface area contributed by atoms with Crippen LogP contribution < -0.4 is 5.32 Å². The fourth-order valence-corrected chi connectivity index (χ4v) is 3.80. The van der Waals surface area contributed by atoms with E-state index in [9.17, 15) is 14.3 Å². The van der Waals surface area contributed by atoms with Crippen molar-refractivity contribution in [2.75, 3.05) is 19.7 Å². The molecule has 26 heavy (non-hydrogen) atoms. The van der Waals surface area contributed by atoms with Crippen LogP contribution in [0.1, 0.15) is 28.4 Å². The Morgan fingerprint density at radius 3 is 2.77 bits per heavy atom. The molecule has 5 nitrogen and oxygen atoms in total. The molecule has 2 aliphatic rings. The molecule has 2 aromatic rings. The number of phenols is 1. The standard InChI is InChI=1S/C20H21FN2O3/c21-18-9-16(24)6-7-17(18)20(25)22-14-8-15-12-26-19(11-23(15)10-14)13-4-2-1-3-5-13/h1-7,9,14-15,19,24H,8,10-12H2,(H,22,25)/t14-,15+,19-/m1/s1. The number of halogens is 1. The molecule has 0 unspecified atom stereocenters. The number of amides is 1. The van der Waals surface area contributed by atoms with E-state index in [4.69, 9.17) is 4.74 Å². The van der Waals surface area contributed by atoms with Crippen molar-refractivity contribution in [2.45, 2.75) is 24.6 Å². The van der Waals surface area contributed by atoms with E-state index in [1.807, 2.05) is 18.2 Å². The molecular formula is C20H21FN2O3. The molecule has 2 saturated heterocycles. The van der Waals surface area contributed by atoms with E-state index >= 15 is 0 Å². The second kappa shape index (κ2) is 7.05. The Morgan fingerprint density at radius 2 is 2.00 bits per heavy atom. The summed E-state index contributed by atoms with van der Waals surface area (Å²) in [7, 11) is 0. The van der Waals surface area contributed by atoms with E-state index in [1.165, 1.54) is 12.1 Å². The van der Waals surface area contributed by atoms with Gasteiger partial charge in [-0.3, -0.25) is 9.69 Å². The van der Waals surface area contributed by atoms with E-state index in [0.717, 1.165) is 31.1 Å². The summed E-state index contributed by atoms with van der Waals surface area (Å²) in [6.07, 6.45) is 0.823. The highest BCUT2D eigenvalue weighted by molar-refractivity contribution is 5.94. The van der Waals surface area contributed by atoms with E-state index in [2.05, 4.69) is 22.3 Å². The number of morpholine rings is 1. The molecule has 1 amide bonds. The second-order valence-electron chi connectivity index (χ2n) is 6.91. The Balaban J connectivity index is 1.38. The number of ether oxygens (including phenoxy) is 1. The number of phenolic OH excluding ortho intramolecular Hbond substituents is 1. The number of rotatable bonds is 3. The Bertz CT molecular complexity index is 799. The zero-order chi connectivity index (χ0) is 18.1. The van der Waals surface area contributed by atoms with E-state index in [0.29, 0.717) is 6.61 Å². The number of hydrogen-bond acceptors (Lipinski definition) is 4. The van der Waals surface area contributed by atoms with Crippen LogP contribution in [-0.4, -0.2) is 47.7 Å². The van der Waals surface area contributed by atoms with E-state index < -0.39 is 11.7 Å². The van der Waals surface area contributed by atoms with Crippen molar-refractivity contribution in [3.63, 3.8) is 0 Å². The van der Waals surface area contributed by atoms with Crippen LogP contribution in [0.5, 0.6) is 5.75 Å². The van der Waals surface area contributed by atoms with E-state index in [1.54, 1.807) is 0 Å². The van der Waals surface area contributed by atoms with Gasteiger partial charge in [0.05, 0.1) is 18.3 Å². The fraction of sp³-hybridized carbons (Fsp3) is 0.350.